The van der Waals surface area contributed by atoms with Gasteiger partial charge in [0, 0.05) is 24.7 Å². The molecule has 9 N–H and O–H groups in total. The van der Waals surface area contributed by atoms with E-state index in [1.165, 1.54) is 12.5 Å². The van der Waals surface area contributed by atoms with Crippen LogP contribution in [0.4, 0.5) is 0 Å². The number of carbonyl (C=O) groups excluding carboxylic acids is 4. The Labute approximate surface area is 220 Å². The summed E-state index contributed by atoms with van der Waals surface area (Å²) >= 11 is 0. The molecule has 4 amide bonds. The summed E-state index contributed by atoms with van der Waals surface area (Å²) in [5.74, 6) is -4.51. The largest absolute Gasteiger partial charge is 0.480 e. The number of H-pyrrole nitrogens is 1. The van der Waals surface area contributed by atoms with Gasteiger partial charge in [0.25, 0.3) is 0 Å². The lowest BCUT2D eigenvalue weighted by atomic mass is 10.0. The molecule has 13 nitrogen and oxygen atoms in total. The van der Waals surface area contributed by atoms with Gasteiger partial charge in [-0.2, -0.15) is 0 Å². The first-order valence-electron chi connectivity index (χ1n) is 12.2. The van der Waals surface area contributed by atoms with Gasteiger partial charge in [0.15, 0.2) is 0 Å². The highest BCUT2D eigenvalue weighted by atomic mass is 16.4. The number of hydrogen-bond donors (Lipinski definition) is 7. The van der Waals surface area contributed by atoms with Crippen molar-refractivity contribution in [1.82, 2.24) is 25.9 Å². The number of aliphatic carboxylic acids is 1. The molecule has 4 atom stereocenters. The first-order valence-corrected chi connectivity index (χ1v) is 12.2. The molecule has 1 aromatic carbocycles. The number of hydrogen-bond acceptors (Lipinski definition) is 7. The third kappa shape index (κ3) is 9.65. The molecule has 0 bridgehead atoms. The number of amides is 4. The van der Waals surface area contributed by atoms with Crippen molar-refractivity contribution in [2.75, 3.05) is 0 Å². The SMILES string of the molecule is CC(C)C(NC(=O)C(CCC(N)=O)NC(=O)C(Cc1cnc[nH]1)NC(=O)C(N)Cc1ccccc1)C(=O)O. The zero-order valence-corrected chi connectivity index (χ0v) is 21.3. The van der Waals surface area contributed by atoms with Crippen molar-refractivity contribution in [1.29, 1.82) is 0 Å². The number of carboxylic acid groups (broad SMARTS) is 1. The minimum atomic E-state index is -1.28. The summed E-state index contributed by atoms with van der Waals surface area (Å²) in [5.41, 5.74) is 12.7. The van der Waals surface area contributed by atoms with E-state index >= 15 is 0 Å². The molecule has 0 aliphatic rings. The molecular formula is C25H35N7O6. The van der Waals surface area contributed by atoms with Gasteiger partial charge < -0.3 is 37.5 Å². The van der Waals surface area contributed by atoms with Crippen LogP contribution in [-0.4, -0.2) is 68.8 Å². The lowest BCUT2D eigenvalue weighted by Crippen LogP contribution is -2.58. The molecule has 0 fully saturated rings. The number of rotatable bonds is 15. The summed E-state index contributed by atoms with van der Waals surface area (Å²) < 4.78 is 0. The highest BCUT2D eigenvalue weighted by molar-refractivity contribution is 5.94. The maximum absolute atomic E-state index is 13.3. The Hall–Kier alpha value is -4.26. The number of carboxylic acids is 1. The molecule has 38 heavy (non-hydrogen) atoms. The fourth-order valence-electron chi connectivity index (χ4n) is 3.66. The molecule has 1 heterocycles. The molecule has 0 saturated carbocycles. The third-order valence-electron chi connectivity index (χ3n) is 5.79. The Morgan fingerprint density at radius 2 is 1.58 bits per heavy atom. The Morgan fingerprint density at radius 3 is 2.13 bits per heavy atom. The van der Waals surface area contributed by atoms with Crippen LogP contribution in [0.2, 0.25) is 0 Å². The number of benzene rings is 1. The standard InChI is InChI=1S/C25H35N7O6/c1-14(2)21(25(37)38)32-23(35)18(8-9-20(27)33)30-24(36)19(11-16-12-28-13-29-16)31-22(34)17(26)10-15-6-4-3-5-7-15/h3-7,12-14,17-19,21H,8-11,26H2,1-2H3,(H2,27,33)(H,28,29)(H,30,36)(H,31,34)(H,32,35)(H,37,38). The number of aromatic nitrogens is 2. The smallest absolute Gasteiger partial charge is 0.326 e. The van der Waals surface area contributed by atoms with Gasteiger partial charge in [0.05, 0.1) is 12.4 Å². The van der Waals surface area contributed by atoms with Gasteiger partial charge in [0.1, 0.15) is 18.1 Å². The maximum atomic E-state index is 13.3. The molecule has 4 unspecified atom stereocenters. The maximum Gasteiger partial charge on any atom is 0.326 e. The molecule has 0 radical (unpaired) electrons. The summed E-state index contributed by atoms with van der Waals surface area (Å²) in [6.07, 6.45) is 2.72. The second kappa shape index (κ2) is 14.5. The topological polar surface area (TPSA) is 222 Å². The lowest BCUT2D eigenvalue weighted by Gasteiger charge is -2.26. The first-order chi connectivity index (χ1) is 18.0. The van der Waals surface area contributed by atoms with Gasteiger partial charge in [0.2, 0.25) is 23.6 Å². The molecule has 0 aliphatic heterocycles. The van der Waals surface area contributed by atoms with E-state index in [1.807, 2.05) is 30.3 Å². The number of nitrogens with zero attached hydrogens (tertiary/aromatic N) is 1. The Morgan fingerprint density at radius 1 is 0.947 bits per heavy atom. The fourth-order valence-corrected chi connectivity index (χ4v) is 3.66. The summed E-state index contributed by atoms with van der Waals surface area (Å²) in [7, 11) is 0. The molecule has 2 rings (SSSR count). The molecule has 2 aromatic rings. The molecule has 0 saturated heterocycles. The molecular weight excluding hydrogens is 494 g/mol. The predicted octanol–water partition coefficient (Wildman–Crippen LogP) is -1.02. The van der Waals surface area contributed by atoms with Crippen molar-refractivity contribution in [3.63, 3.8) is 0 Å². The number of carbonyl (C=O) groups is 5. The van der Waals surface area contributed by atoms with Gasteiger partial charge in [-0.05, 0) is 24.3 Å². The average Bonchev–Trinajstić information content (AvgIpc) is 3.37. The number of nitrogens with two attached hydrogens (primary N) is 2. The van der Waals surface area contributed by atoms with Crippen molar-refractivity contribution < 1.29 is 29.1 Å². The second-order valence-electron chi connectivity index (χ2n) is 9.27. The van der Waals surface area contributed by atoms with E-state index in [0.717, 1.165) is 5.56 Å². The van der Waals surface area contributed by atoms with Crippen LogP contribution in [0.5, 0.6) is 0 Å². The monoisotopic (exact) mass is 529 g/mol. The lowest BCUT2D eigenvalue weighted by molar-refractivity contribution is -0.143. The number of primary amides is 1. The normalized spacial score (nSPS) is 14.1. The van der Waals surface area contributed by atoms with E-state index in [2.05, 4.69) is 25.9 Å². The Balaban J connectivity index is 2.19. The molecule has 1 aromatic heterocycles. The first kappa shape index (κ1) is 30.0. The van der Waals surface area contributed by atoms with Gasteiger partial charge >= 0.3 is 5.97 Å². The second-order valence-corrected chi connectivity index (χ2v) is 9.27. The number of aromatic amines is 1. The van der Waals surface area contributed by atoms with Crippen LogP contribution in [0.3, 0.4) is 0 Å². The van der Waals surface area contributed by atoms with Crippen molar-refractivity contribution >= 4 is 29.6 Å². The van der Waals surface area contributed by atoms with Gasteiger partial charge in [-0.1, -0.05) is 44.2 Å². The van der Waals surface area contributed by atoms with E-state index in [9.17, 15) is 29.1 Å². The van der Waals surface area contributed by atoms with Crippen LogP contribution in [0, 0.1) is 5.92 Å². The van der Waals surface area contributed by atoms with E-state index in [0.29, 0.717) is 5.69 Å². The van der Waals surface area contributed by atoms with Crippen LogP contribution < -0.4 is 27.4 Å². The third-order valence-corrected chi connectivity index (χ3v) is 5.79. The molecule has 0 spiro atoms. The van der Waals surface area contributed by atoms with Crippen LogP contribution in [0.25, 0.3) is 0 Å². The van der Waals surface area contributed by atoms with E-state index in [4.69, 9.17) is 11.5 Å². The van der Waals surface area contributed by atoms with Crippen molar-refractivity contribution in [3.8, 4) is 0 Å². The minimum absolute atomic E-state index is 0.00351. The van der Waals surface area contributed by atoms with Crippen molar-refractivity contribution in [2.24, 2.45) is 17.4 Å². The predicted molar refractivity (Wildman–Crippen MR) is 137 cm³/mol. The van der Waals surface area contributed by atoms with Crippen LogP contribution in [-0.2, 0) is 36.8 Å². The summed E-state index contributed by atoms with van der Waals surface area (Å²) in [4.78, 5) is 68.8. The Kier molecular flexibility index (Phi) is 11.4. The van der Waals surface area contributed by atoms with Gasteiger partial charge in [-0.3, -0.25) is 19.2 Å². The molecule has 206 valence electrons. The molecule has 0 aliphatic carbocycles. The highest BCUT2D eigenvalue weighted by Crippen LogP contribution is 2.07. The Bertz CT molecular complexity index is 1090. The van der Waals surface area contributed by atoms with Gasteiger partial charge in [-0.15, -0.1) is 0 Å². The van der Waals surface area contributed by atoms with Crippen LogP contribution in [0.1, 0.15) is 37.9 Å². The average molecular weight is 530 g/mol. The summed E-state index contributed by atoms with van der Waals surface area (Å²) in [5, 5.41) is 16.9. The van der Waals surface area contributed by atoms with Gasteiger partial charge in [-0.25, -0.2) is 9.78 Å². The van der Waals surface area contributed by atoms with Crippen LogP contribution >= 0.6 is 0 Å². The summed E-state index contributed by atoms with van der Waals surface area (Å²) in [6.45, 7) is 3.23. The zero-order chi connectivity index (χ0) is 28.2. The molecule has 13 heteroatoms. The van der Waals surface area contributed by atoms with Crippen molar-refractivity contribution in [3.05, 3.63) is 54.1 Å². The minimum Gasteiger partial charge on any atom is -0.480 e. The fraction of sp³-hybridized carbons (Fsp3) is 0.440. The highest BCUT2D eigenvalue weighted by Gasteiger charge is 2.31. The summed E-state index contributed by atoms with van der Waals surface area (Å²) in [6, 6.07) is 4.52. The van der Waals surface area contributed by atoms with Crippen LogP contribution in [0.15, 0.2) is 42.9 Å². The number of nitrogens with one attached hydrogen (secondary N) is 4. The van der Waals surface area contributed by atoms with E-state index < -0.39 is 59.7 Å². The van der Waals surface area contributed by atoms with E-state index in [1.54, 1.807) is 13.8 Å². The quantitative estimate of drug-likeness (QED) is 0.151. The zero-order valence-electron chi connectivity index (χ0n) is 21.3. The van der Waals surface area contributed by atoms with E-state index in [-0.39, 0.29) is 25.7 Å². The van der Waals surface area contributed by atoms with Crippen molar-refractivity contribution in [2.45, 2.75) is 63.7 Å². The number of imidazole rings is 1.